The Balaban J connectivity index is 0.000000148. The number of hydrogen-bond donors (Lipinski definition) is 0. The minimum atomic E-state index is 0. The minimum Gasteiger partial charge on any atom is -0.164 e. The predicted octanol–water partition coefficient (Wildman–Crippen LogP) is 23.7. The second-order valence-corrected chi connectivity index (χ2v) is 23.5. The summed E-state index contributed by atoms with van der Waals surface area (Å²) in [5.74, 6) is 0. The Hall–Kier alpha value is -8.52. The maximum atomic E-state index is 2.46. The second kappa shape index (κ2) is 23.6. The van der Waals surface area contributed by atoms with Crippen LogP contribution in [0.2, 0.25) is 13.1 Å². The molecule has 0 aliphatic heterocycles. The van der Waals surface area contributed by atoms with Crippen molar-refractivity contribution in [3.8, 4) is 44.5 Å². The Morgan fingerprint density at radius 1 is 0.262 bits per heavy atom. The van der Waals surface area contributed by atoms with E-state index >= 15 is 0 Å². The van der Waals surface area contributed by atoms with E-state index in [-0.39, 0.29) is 26.2 Å². The first-order valence-corrected chi connectivity index (χ1v) is 31.7. The number of fused-ring (bicyclic) bond motifs is 10. The van der Waals surface area contributed by atoms with Crippen molar-refractivity contribution in [2.24, 2.45) is 0 Å². The second-order valence-electron chi connectivity index (χ2n) is 22.5. The molecule has 0 heterocycles. The van der Waals surface area contributed by atoms with Crippen molar-refractivity contribution in [3.05, 3.63) is 278 Å². The van der Waals surface area contributed by atoms with Gasteiger partial charge in [-0.2, -0.15) is 12.1 Å². The van der Waals surface area contributed by atoms with E-state index in [2.05, 4.69) is 294 Å². The fourth-order valence-corrected chi connectivity index (χ4v) is 13.7. The van der Waals surface area contributed by atoms with Crippen molar-refractivity contribution in [2.45, 2.75) is 52.6 Å². The van der Waals surface area contributed by atoms with Crippen molar-refractivity contribution in [1.82, 2.24) is 0 Å². The molecule has 16 rings (SSSR count). The molecule has 0 fully saturated rings. The van der Waals surface area contributed by atoms with Crippen LogP contribution in [0, 0.1) is 0 Å². The molecule has 2 radical (unpaired) electrons. The number of hydrogen-bond acceptors (Lipinski definition) is 0. The van der Waals surface area contributed by atoms with Gasteiger partial charge in [0.15, 0.2) is 0 Å². The molecule has 0 spiro atoms. The van der Waals surface area contributed by atoms with Gasteiger partial charge in [-0.15, -0.1) is 44.8 Å². The summed E-state index contributed by atoms with van der Waals surface area (Å²) >= 11 is 0. The van der Waals surface area contributed by atoms with Crippen LogP contribution in [0.5, 0.6) is 0 Å². The molecule has 16 aromatic rings. The molecule has 0 aliphatic carbocycles. The van der Waals surface area contributed by atoms with Crippen molar-refractivity contribution in [2.75, 3.05) is 0 Å². The molecule has 0 nitrogen and oxygen atoms in total. The van der Waals surface area contributed by atoms with Gasteiger partial charge in [0.2, 0.25) is 0 Å². The van der Waals surface area contributed by atoms with Gasteiger partial charge in [-0.05, 0) is 146 Å². The first kappa shape index (κ1) is 54.7. The molecule has 0 aliphatic rings. The number of benzene rings is 14. The van der Waals surface area contributed by atoms with Crippen LogP contribution in [0.4, 0.5) is 0 Å². The molecule has 0 saturated heterocycles. The van der Waals surface area contributed by atoms with Crippen LogP contribution in [0.15, 0.2) is 267 Å². The average molecular weight is 1170 g/mol. The monoisotopic (exact) mass is 1170 g/mol. The molecule has 0 saturated carbocycles. The normalized spacial score (nSPS) is 11.5. The summed E-state index contributed by atoms with van der Waals surface area (Å²) in [5.41, 5.74) is 13.4. The Morgan fingerprint density at radius 3 is 0.690 bits per heavy atom. The smallest absolute Gasteiger partial charge is 0.164 e. The Labute approximate surface area is 514 Å². The number of aryl methyl sites for hydroxylation is 2. The van der Waals surface area contributed by atoms with Gasteiger partial charge < -0.3 is 0 Å². The molecule has 2 heteroatoms. The Kier molecular flexibility index (Phi) is 15.4. The van der Waals surface area contributed by atoms with E-state index in [1.807, 2.05) is 0 Å². The van der Waals surface area contributed by atoms with Gasteiger partial charge >= 0.3 is 26.2 Å². The fraction of sp³-hybridized carbons (Fsp3) is 0.0976. The molecule has 0 bridgehead atoms. The third kappa shape index (κ3) is 9.70. The molecule has 84 heavy (non-hydrogen) atoms. The Morgan fingerprint density at radius 2 is 0.464 bits per heavy atom. The van der Waals surface area contributed by atoms with Crippen LogP contribution in [0.25, 0.3) is 152 Å². The summed E-state index contributed by atoms with van der Waals surface area (Å²) in [6.07, 6.45) is 4.44. The summed E-state index contributed by atoms with van der Waals surface area (Å²) in [7, 11) is 1.08. The van der Waals surface area contributed by atoms with Crippen molar-refractivity contribution >= 4 is 117 Å². The van der Waals surface area contributed by atoms with Gasteiger partial charge in [-0.3, -0.25) is 0 Å². The van der Waals surface area contributed by atoms with Gasteiger partial charge in [0, 0.05) is 9.52 Å². The molecule has 400 valence electrons. The maximum absolute atomic E-state index is 2.46. The van der Waals surface area contributed by atoms with E-state index in [0.29, 0.717) is 0 Å². The molecule has 0 unspecified atom stereocenters. The molecular weight excluding hydrogens is 1100 g/mol. The zero-order valence-corrected chi connectivity index (χ0v) is 51.7. The zero-order chi connectivity index (χ0) is 56.0. The van der Waals surface area contributed by atoms with Gasteiger partial charge in [0.05, 0.1) is 0 Å². The molecule has 0 atom stereocenters. The van der Waals surface area contributed by atoms with E-state index in [1.54, 1.807) is 0 Å². The summed E-state index contributed by atoms with van der Waals surface area (Å²) in [6, 6.07) is 99.4. The average Bonchev–Trinajstić information content (AvgIpc) is 2.94. The van der Waals surface area contributed by atoms with Crippen molar-refractivity contribution in [3.63, 3.8) is 0 Å². The largest absolute Gasteiger partial charge is 2.00 e. The summed E-state index contributed by atoms with van der Waals surface area (Å²) < 4.78 is 0. The number of rotatable bonds is 8. The topological polar surface area (TPSA) is 0 Å². The quantitative estimate of drug-likeness (QED) is 0.0808. The standard InChI is InChI=1S/2C40H29.C2H6Si.Zr/c2*1-2-11-26-22-37-35(39-31-16-7-3-12-27(31)24-28-13-4-8-17-32(28)39)20-21-36(38(37)23-26)40-33-18-9-5-14-29(33)25-30-15-6-10-19-34(30)40;1-3-2;/h2*3-10,12-25H,2,11H2,1H3;1-2H3;/q2*-1;;+2. The van der Waals surface area contributed by atoms with Crippen LogP contribution < -0.4 is 0 Å². The van der Waals surface area contributed by atoms with E-state index in [9.17, 15) is 0 Å². The maximum Gasteiger partial charge on any atom is 2.00 e. The van der Waals surface area contributed by atoms with Crippen molar-refractivity contribution < 1.29 is 26.2 Å². The fourth-order valence-electron chi connectivity index (χ4n) is 13.7. The van der Waals surface area contributed by atoms with Gasteiger partial charge in [0.1, 0.15) is 0 Å². The van der Waals surface area contributed by atoms with Crippen LogP contribution in [-0.2, 0) is 39.0 Å². The Bertz CT molecular complexity index is 4280. The van der Waals surface area contributed by atoms with Crippen LogP contribution in [0.1, 0.15) is 37.8 Å². The molecule has 0 aromatic heterocycles. The summed E-state index contributed by atoms with van der Waals surface area (Å²) in [6.45, 7) is 8.85. The first-order valence-electron chi connectivity index (χ1n) is 29.7. The SMILES string of the molecule is CCCc1cc2c(-c3c4ccccc4cc4ccccc34)ccc(-c3c4ccccc4cc4ccccc34)c2[cH-]1.CCCc1cc2c(-c3c4ccccc4cc4ccccc34)ccc(-c3c4ccccc4cc4ccccc34)c2[cH-]1.C[Si]C.[Zr+2]. The van der Waals surface area contributed by atoms with Crippen LogP contribution in [-0.4, -0.2) is 9.52 Å². The minimum absolute atomic E-state index is 0. The van der Waals surface area contributed by atoms with Gasteiger partial charge in [0.25, 0.3) is 0 Å². The molecule has 0 amide bonds. The summed E-state index contributed by atoms with van der Waals surface area (Å²) in [4.78, 5) is 0. The van der Waals surface area contributed by atoms with E-state index in [4.69, 9.17) is 0 Å². The molecule has 0 N–H and O–H groups in total. The van der Waals surface area contributed by atoms with E-state index in [0.717, 1.165) is 35.2 Å². The third-order valence-corrected chi connectivity index (χ3v) is 17.1. The summed E-state index contributed by atoms with van der Waals surface area (Å²) in [5, 5.41) is 26.1. The van der Waals surface area contributed by atoms with Crippen LogP contribution in [0.3, 0.4) is 0 Å². The predicted molar refractivity (Wildman–Crippen MR) is 366 cm³/mol. The molecule has 16 aromatic carbocycles. The van der Waals surface area contributed by atoms with Gasteiger partial charge in [-0.25, -0.2) is 0 Å². The zero-order valence-electron chi connectivity index (χ0n) is 48.2. The van der Waals surface area contributed by atoms with Crippen LogP contribution >= 0.6 is 0 Å². The van der Waals surface area contributed by atoms with Crippen molar-refractivity contribution in [1.29, 1.82) is 0 Å². The first-order chi connectivity index (χ1) is 41.0. The van der Waals surface area contributed by atoms with E-state index in [1.165, 1.54) is 163 Å². The third-order valence-electron chi connectivity index (χ3n) is 17.1. The van der Waals surface area contributed by atoms with E-state index < -0.39 is 0 Å². The molecular formula is C82H64SiZr. The van der Waals surface area contributed by atoms with Gasteiger partial charge in [-0.1, -0.05) is 280 Å².